The fraction of sp³-hybridized carbons (Fsp3) is 0.0417. The Labute approximate surface area is 160 Å². The predicted molar refractivity (Wildman–Crippen MR) is 113 cm³/mol. The molecule has 27 heavy (non-hydrogen) atoms. The van der Waals surface area contributed by atoms with Gasteiger partial charge in [0.25, 0.3) is 0 Å². The summed E-state index contributed by atoms with van der Waals surface area (Å²) in [5.41, 5.74) is 1.88. The average Bonchev–Trinajstić information content (AvgIpc) is 3.20. The standard InChI is InChI=1S/C24H19O2P/c25-24(26)22-16-9-15-20(22)21-14-7-8-17-23(21)27(18-10-3-1-4-11-18)19-12-5-2-6-13-19/h1-17,22H,(H,25,26). The van der Waals surface area contributed by atoms with Crippen molar-refractivity contribution in [2.45, 2.75) is 0 Å². The molecular formula is C24H19O2P. The Kier molecular flexibility index (Phi) is 5.00. The quantitative estimate of drug-likeness (QED) is 0.687. The molecule has 1 aliphatic carbocycles. The highest BCUT2D eigenvalue weighted by molar-refractivity contribution is 7.80. The Morgan fingerprint density at radius 2 is 1.33 bits per heavy atom. The van der Waals surface area contributed by atoms with Crippen molar-refractivity contribution in [3.63, 3.8) is 0 Å². The SMILES string of the molecule is O=C(O)C1C=CC=C1c1ccccc1P(c1ccccc1)c1ccccc1. The van der Waals surface area contributed by atoms with Crippen LogP contribution < -0.4 is 15.9 Å². The zero-order valence-electron chi connectivity index (χ0n) is 14.7. The smallest absolute Gasteiger partial charge is 0.314 e. The molecule has 0 amide bonds. The zero-order valence-corrected chi connectivity index (χ0v) is 15.6. The van der Waals surface area contributed by atoms with Gasteiger partial charge in [-0.3, -0.25) is 4.79 Å². The maximum absolute atomic E-state index is 11.7. The highest BCUT2D eigenvalue weighted by Gasteiger charge is 2.27. The Hall–Kier alpha value is -2.96. The summed E-state index contributed by atoms with van der Waals surface area (Å²) in [7, 11) is -0.783. The van der Waals surface area contributed by atoms with E-state index in [9.17, 15) is 9.90 Å². The molecule has 0 fully saturated rings. The van der Waals surface area contributed by atoms with Crippen LogP contribution in [0.4, 0.5) is 0 Å². The van der Waals surface area contributed by atoms with Crippen LogP contribution in [0.15, 0.2) is 103 Å². The summed E-state index contributed by atoms with van der Waals surface area (Å²) in [5, 5.41) is 13.3. The average molecular weight is 370 g/mol. The minimum atomic E-state index is -0.812. The molecule has 1 unspecified atom stereocenters. The highest BCUT2D eigenvalue weighted by Crippen LogP contribution is 2.38. The summed E-state index contributed by atoms with van der Waals surface area (Å²) in [6.45, 7) is 0. The van der Waals surface area contributed by atoms with Gasteiger partial charge in [0.05, 0.1) is 0 Å². The molecule has 1 aliphatic rings. The van der Waals surface area contributed by atoms with Crippen LogP contribution in [0.5, 0.6) is 0 Å². The molecule has 0 radical (unpaired) electrons. The first-order valence-corrected chi connectivity index (χ1v) is 10.2. The van der Waals surface area contributed by atoms with Gasteiger partial charge in [-0.25, -0.2) is 0 Å². The van der Waals surface area contributed by atoms with Crippen LogP contribution in [0.2, 0.25) is 0 Å². The van der Waals surface area contributed by atoms with Crippen molar-refractivity contribution in [3.8, 4) is 0 Å². The van der Waals surface area contributed by atoms with Crippen molar-refractivity contribution in [2.24, 2.45) is 5.92 Å². The van der Waals surface area contributed by atoms with Gasteiger partial charge in [0.2, 0.25) is 0 Å². The largest absolute Gasteiger partial charge is 0.481 e. The molecule has 1 N–H and O–H groups in total. The minimum absolute atomic E-state index is 0.588. The van der Waals surface area contributed by atoms with Crippen molar-refractivity contribution in [1.82, 2.24) is 0 Å². The van der Waals surface area contributed by atoms with Gasteiger partial charge in [-0.2, -0.15) is 0 Å². The van der Waals surface area contributed by atoms with Crippen molar-refractivity contribution >= 4 is 35.4 Å². The summed E-state index contributed by atoms with van der Waals surface area (Å²) < 4.78 is 0. The maximum Gasteiger partial charge on any atom is 0.314 e. The van der Waals surface area contributed by atoms with E-state index in [4.69, 9.17) is 0 Å². The van der Waals surface area contributed by atoms with Gasteiger partial charge in [0, 0.05) is 0 Å². The maximum atomic E-state index is 11.7. The summed E-state index contributed by atoms with van der Waals surface area (Å²) >= 11 is 0. The lowest BCUT2D eigenvalue weighted by atomic mass is 9.95. The van der Waals surface area contributed by atoms with E-state index in [-0.39, 0.29) is 0 Å². The number of rotatable bonds is 5. The van der Waals surface area contributed by atoms with Crippen LogP contribution in [0.25, 0.3) is 5.57 Å². The molecule has 4 rings (SSSR count). The molecule has 132 valence electrons. The third-order valence-corrected chi connectivity index (χ3v) is 7.17. The van der Waals surface area contributed by atoms with E-state index < -0.39 is 19.8 Å². The van der Waals surface area contributed by atoms with Gasteiger partial charge in [-0.1, -0.05) is 103 Å². The van der Waals surface area contributed by atoms with E-state index in [1.807, 2.05) is 42.5 Å². The van der Waals surface area contributed by atoms with E-state index in [1.54, 1.807) is 6.08 Å². The van der Waals surface area contributed by atoms with E-state index in [2.05, 4.69) is 54.6 Å². The van der Waals surface area contributed by atoms with Gasteiger partial charge in [-0.05, 0) is 35.0 Å². The molecule has 0 spiro atoms. The van der Waals surface area contributed by atoms with E-state index in [0.717, 1.165) is 11.1 Å². The van der Waals surface area contributed by atoms with Gasteiger partial charge in [0.1, 0.15) is 5.92 Å². The summed E-state index contributed by atoms with van der Waals surface area (Å²) in [6.07, 6.45) is 5.53. The highest BCUT2D eigenvalue weighted by atomic mass is 31.1. The number of carboxylic acids is 1. The minimum Gasteiger partial charge on any atom is -0.481 e. The molecule has 0 aliphatic heterocycles. The summed E-state index contributed by atoms with van der Waals surface area (Å²) in [4.78, 5) is 11.7. The molecule has 3 heteroatoms. The number of carbonyl (C=O) groups is 1. The lowest BCUT2D eigenvalue weighted by Crippen LogP contribution is -2.24. The van der Waals surface area contributed by atoms with Crippen molar-refractivity contribution < 1.29 is 9.90 Å². The summed E-state index contributed by atoms with van der Waals surface area (Å²) in [6, 6.07) is 29.1. The molecule has 0 aromatic heterocycles. The van der Waals surface area contributed by atoms with Crippen LogP contribution in [0.1, 0.15) is 5.56 Å². The molecule has 0 heterocycles. The van der Waals surface area contributed by atoms with Gasteiger partial charge >= 0.3 is 5.97 Å². The third-order valence-electron chi connectivity index (χ3n) is 4.67. The third kappa shape index (κ3) is 3.49. The van der Waals surface area contributed by atoms with Crippen LogP contribution in [-0.4, -0.2) is 11.1 Å². The molecule has 1 atom stereocenters. The van der Waals surface area contributed by atoms with Crippen molar-refractivity contribution in [2.75, 3.05) is 0 Å². The number of allylic oxidation sites excluding steroid dienone is 2. The molecule has 0 saturated heterocycles. The molecule has 0 saturated carbocycles. The number of hydrogen-bond donors (Lipinski definition) is 1. The van der Waals surface area contributed by atoms with Gasteiger partial charge < -0.3 is 5.11 Å². The first-order chi connectivity index (χ1) is 13.3. The lowest BCUT2D eigenvalue weighted by Gasteiger charge is -2.23. The monoisotopic (exact) mass is 370 g/mol. The van der Waals surface area contributed by atoms with Crippen LogP contribution >= 0.6 is 7.92 Å². The van der Waals surface area contributed by atoms with E-state index >= 15 is 0 Å². The first kappa shape index (κ1) is 17.5. The fourth-order valence-corrected chi connectivity index (χ4v) is 5.92. The molecule has 0 bridgehead atoms. The normalized spacial score (nSPS) is 15.7. The Balaban J connectivity index is 1.89. The van der Waals surface area contributed by atoms with Crippen molar-refractivity contribution in [1.29, 1.82) is 0 Å². The zero-order chi connectivity index (χ0) is 18.6. The van der Waals surface area contributed by atoms with E-state index in [0.29, 0.717) is 0 Å². The number of carboxylic acid groups (broad SMARTS) is 1. The first-order valence-electron chi connectivity index (χ1n) is 8.86. The summed E-state index contributed by atoms with van der Waals surface area (Å²) in [5.74, 6) is -1.40. The topological polar surface area (TPSA) is 37.3 Å². The number of hydrogen-bond acceptors (Lipinski definition) is 1. The van der Waals surface area contributed by atoms with Crippen molar-refractivity contribution in [3.05, 3.63) is 109 Å². The second-order valence-electron chi connectivity index (χ2n) is 6.35. The molecule has 3 aromatic rings. The lowest BCUT2D eigenvalue weighted by molar-refractivity contribution is -0.138. The Bertz CT molecular complexity index is 967. The van der Waals surface area contributed by atoms with Crippen LogP contribution in [0, 0.1) is 5.92 Å². The van der Waals surface area contributed by atoms with Crippen LogP contribution in [-0.2, 0) is 4.79 Å². The van der Waals surface area contributed by atoms with Crippen LogP contribution in [0.3, 0.4) is 0 Å². The van der Waals surface area contributed by atoms with E-state index in [1.165, 1.54) is 15.9 Å². The van der Waals surface area contributed by atoms with Gasteiger partial charge in [-0.15, -0.1) is 0 Å². The number of aliphatic carboxylic acids is 1. The second-order valence-corrected chi connectivity index (χ2v) is 8.53. The predicted octanol–water partition coefficient (Wildman–Crippen LogP) is 4.10. The Morgan fingerprint density at radius 1 is 0.778 bits per heavy atom. The molecule has 3 aromatic carbocycles. The van der Waals surface area contributed by atoms with Gasteiger partial charge in [0.15, 0.2) is 0 Å². The molecular weight excluding hydrogens is 351 g/mol. The molecule has 2 nitrogen and oxygen atoms in total. The Morgan fingerprint density at radius 3 is 1.93 bits per heavy atom. The second kappa shape index (κ2) is 7.73. The number of benzene rings is 3. The fourth-order valence-electron chi connectivity index (χ4n) is 3.44.